The molecule has 0 bridgehead atoms. The van der Waals surface area contributed by atoms with E-state index in [1.54, 1.807) is 0 Å². The van der Waals surface area contributed by atoms with Crippen LogP contribution in [0.1, 0.15) is 162 Å². The molecule has 0 aliphatic carbocycles. The van der Waals surface area contributed by atoms with Crippen molar-refractivity contribution < 1.29 is 4.48 Å². The first-order chi connectivity index (χ1) is 17.8. The molecule has 212 valence electrons. The molecule has 0 N–H and O–H groups in total. The van der Waals surface area contributed by atoms with Gasteiger partial charge in [0.05, 0.1) is 26.2 Å². The van der Waals surface area contributed by atoms with E-state index >= 15 is 0 Å². The van der Waals surface area contributed by atoms with Crippen molar-refractivity contribution in [3.8, 4) is 0 Å². The first-order valence-electron chi connectivity index (χ1n) is 16.7. The van der Waals surface area contributed by atoms with Crippen molar-refractivity contribution in [1.82, 2.24) is 4.57 Å². The zero-order valence-electron chi connectivity index (χ0n) is 25.3. The van der Waals surface area contributed by atoms with Gasteiger partial charge in [0, 0.05) is 18.9 Å². The minimum Gasteiger partial charge on any atom is -0.354 e. The molecule has 1 rings (SSSR count). The third-order valence-electron chi connectivity index (χ3n) is 8.42. The minimum absolute atomic E-state index is 1.20. The van der Waals surface area contributed by atoms with Gasteiger partial charge in [0.25, 0.3) is 0 Å². The lowest BCUT2D eigenvalue weighted by Gasteiger charge is -2.39. The first-order valence-corrected chi connectivity index (χ1v) is 16.7. The average Bonchev–Trinajstić information content (AvgIpc) is 3.41. The van der Waals surface area contributed by atoms with Crippen LogP contribution in [0, 0.1) is 0 Å². The number of nitrogens with zero attached hydrogens (tertiary/aromatic N) is 2. The summed E-state index contributed by atoms with van der Waals surface area (Å²) >= 11 is 0. The molecule has 0 atom stereocenters. The van der Waals surface area contributed by atoms with Gasteiger partial charge in [-0.2, -0.15) is 0 Å². The molecule has 0 aliphatic heterocycles. The van der Waals surface area contributed by atoms with Gasteiger partial charge in [0.15, 0.2) is 0 Å². The first kappa shape index (κ1) is 33.3. The Morgan fingerprint density at radius 1 is 0.389 bits per heavy atom. The summed E-state index contributed by atoms with van der Waals surface area (Å²) in [6.45, 7) is 14.1. The maximum absolute atomic E-state index is 2.35. The minimum atomic E-state index is 1.20. The van der Waals surface area contributed by atoms with E-state index in [9.17, 15) is 0 Å². The highest BCUT2D eigenvalue weighted by atomic mass is 15.3. The summed E-state index contributed by atoms with van der Waals surface area (Å²) in [4.78, 5) is 0. The Hall–Kier alpha value is -0.760. The van der Waals surface area contributed by atoms with Crippen LogP contribution < -0.4 is 0 Å². The van der Waals surface area contributed by atoms with Gasteiger partial charge >= 0.3 is 0 Å². The van der Waals surface area contributed by atoms with Gasteiger partial charge in [-0.05, 0) is 69.9 Å². The predicted octanol–water partition coefficient (Wildman–Crippen LogP) is 10.9. The highest BCUT2D eigenvalue weighted by Gasteiger charge is 2.25. The number of hydrogen-bond donors (Lipinski definition) is 0. The maximum atomic E-state index is 2.35. The van der Waals surface area contributed by atoms with Gasteiger partial charge in [-0.1, -0.05) is 104 Å². The van der Waals surface area contributed by atoms with Crippen molar-refractivity contribution in [1.29, 1.82) is 0 Å². The zero-order chi connectivity index (χ0) is 26.0. The van der Waals surface area contributed by atoms with E-state index in [2.05, 4.69) is 49.9 Å². The van der Waals surface area contributed by atoms with E-state index in [-0.39, 0.29) is 0 Å². The molecule has 0 saturated heterocycles. The standard InChI is InChI=1S/C34H67N2/c1-4-7-10-24-31-36(32-25-11-8-5-2,33-26-12-9-6-3)34-27-20-18-16-14-13-15-17-19-21-28-35-29-22-23-30-35/h22-23,29-30H,4-21,24-28,31-34H2,1-3H3/q+1. The molecule has 0 radical (unpaired) electrons. The van der Waals surface area contributed by atoms with E-state index < -0.39 is 0 Å². The Balaban J connectivity index is 2.25. The monoisotopic (exact) mass is 504 g/mol. The van der Waals surface area contributed by atoms with Crippen molar-refractivity contribution in [2.75, 3.05) is 26.2 Å². The van der Waals surface area contributed by atoms with Crippen LogP contribution in [0.5, 0.6) is 0 Å². The second-order valence-electron chi connectivity index (χ2n) is 11.9. The van der Waals surface area contributed by atoms with Crippen molar-refractivity contribution >= 4 is 0 Å². The fourth-order valence-electron chi connectivity index (χ4n) is 5.97. The average molecular weight is 504 g/mol. The Morgan fingerprint density at radius 2 is 0.694 bits per heavy atom. The number of rotatable bonds is 28. The molecule has 1 aromatic heterocycles. The van der Waals surface area contributed by atoms with Gasteiger partial charge in [0.2, 0.25) is 0 Å². The van der Waals surface area contributed by atoms with Crippen molar-refractivity contribution in [3.63, 3.8) is 0 Å². The molecular formula is C34H67N2+. The molecule has 1 heterocycles. The highest BCUT2D eigenvalue weighted by Crippen LogP contribution is 2.20. The van der Waals surface area contributed by atoms with Crippen LogP contribution >= 0.6 is 0 Å². The van der Waals surface area contributed by atoms with Crippen LogP contribution in [0.15, 0.2) is 24.5 Å². The lowest BCUT2D eigenvalue weighted by atomic mass is 10.0. The summed E-state index contributed by atoms with van der Waals surface area (Å²) in [6.07, 6.45) is 35.9. The van der Waals surface area contributed by atoms with Crippen LogP contribution in [0.4, 0.5) is 0 Å². The van der Waals surface area contributed by atoms with Crippen LogP contribution in [0.2, 0.25) is 0 Å². The number of hydrogen-bond acceptors (Lipinski definition) is 0. The summed E-state index contributed by atoms with van der Waals surface area (Å²) in [5, 5.41) is 0. The third-order valence-corrected chi connectivity index (χ3v) is 8.42. The van der Waals surface area contributed by atoms with E-state index in [4.69, 9.17) is 0 Å². The molecule has 2 heteroatoms. The molecule has 1 aromatic rings. The molecule has 0 unspecified atom stereocenters. The van der Waals surface area contributed by atoms with E-state index in [0.29, 0.717) is 0 Å². The second kappa shape index (κ2) is 24.6. The van der Waals surface area contributed by atoms with Crippen LogP contribution in [-0.2, 0) is 6.54 Å². The van der Waals surface area contributed by atoms with Crippen LogP contribution in [-0.4, -0.2) is 35.2 Å². The Labute approximate surface area is 228 Å². The topological polar surface area (TPSA) is 4.93 Å². The summed E-state index contributed by atoms with van der Waals surface area (Å²) < 4.78 is 3.77. The molecule has 0 fully saturated rings. The molecule has 0 aromatic carbocycles. The Bertz CT molecular complexity index is 504. The fraction of sp³-hybridized carbons (Fsp3) is 0.882. The summed E-state index contributed by atoms with van der Waals surface area (Å²) in [7, 11) is 0. The number of quaternary nitrogens is 1. The SMILES string of the molecule is CCCCCC[N+](CCCCCC)(CCCCCC)CCCCCCCCCCCCn1cccc1. The lowest BCUT2D eigenvalue weighted by molar-refractivity contribution is -0.929. The van der Waals surface area contributed by atoms with Gasteiger partial charge in [-0.15, -0.1) is 0 Å². The van der Waals surface area contributed by atoms with E-state index in [1.165, 1.54) is 178 Å². The van der Waals surface area contributed by atoms with Crippen molar-refractivity contribution in [2.24, 2.45) is 0 Å². The van der Waals surface area contributed by atoms with Crippen molar-refractivity contribution in [2.45, 2.75) is 169 Å². The zero-order valence-corrected chi connectivity index (χ0v) is 25.3. The summed E-state index contributed by atoms with van der Waals surface area (Å²) in [5.41, 5.74) is 0. The van der Waals surface area contributed by atoms with Crippen LogP contribution in [0.3, 0.4) is 0 Å². The molecule has 2 nitrogen and oxygen atoms in total. The summed E-state index contributed by atoms with van der Waals surface area (Å²) in [6, 6.07) is 4.27. The van der Waals surface area contributed by atoms with Gasteiger partial charge in [-0.25, -0.2) is 0 Å². The highest BCUT2D eigenvalue weighted by molar-refractivity contribution is 4.89. The molecule has 0 amide bonds. The van der Waals surface area contributed by atoms with Crippen LogP contribution in [0.25, 0.3) is 0 Å². The smallest absolute Gasteiger partial charge is 0.0786 e. The third kappa shape index (κ3) is 18.5. The quantitative estimate of drug-likeness (QED) is 0.0791. The van der Waals surface area contributed by atoms with Gasteiger partial charge < -0.3 is 9.05 Å². The Morgan fingerprint density at radius 3 is 1.06 bits per heavy atom. The van der Waals surface area contributed by atoms with Gasteiger partial charge in [-0.3, -0.25) is 0 Å². The molecule has 36 heavy (non-hydrogen) atoms. The van der Waals surface area contributed by atoms with E-state index in [1.807, 2.05) is 0 Å². The second-order valence-corrected chi connectivity index (χ2v) is 11.9. The fourth-order valence-corrected chi connectivity index (χ4v) is 5.97. The summed E-state index contributed by atoms with van der Waals surface area (Å²) in [5.74, 6) is 0. The van der Waals surface area contributed by atoms with Gasteiger partial charge in [0.1, 0.15) is 0 Å². The number of aromatic nitrogens is 1. The maximum Gasteiger partial charge on any atom is 0.0786 e. The molecule has 0 aliphatic rings. The normalized spacial score (nSPS) is 12.0. The molecule has 0 spiro atoms. The lowest BCUT2D eigenvalue weighted by Crippen LogP contribution is -2.50. The number of aryl methyl sites for hydroxylation is 1. The molecular weight excluding hydrogens is 436 g/mol. The Kier molecular flexibility index (Phi) is 22.7. The van der Waals surface area contributed by atoms with E-state index in [0.717, 1.165) is 0 Å². The van der Waals surface area contributed by atoms with Crippen molar-refractivity contribution in [3.05, 3.63) is 24.5 Å². The number of unbranched alkanes of at least 4 members (excludes halogenated alkanes) is 18. The molecule has 0 saturated carbocycles. The largest absolute Gasteiger partial charge is 0.354 e. The predicted molar refractivity (Wildman–Crippen MR) is 163 cm³/mol.